The fourth-order valence-corrected chi connectivity index (χ4v) is 2.04. The molecule has 0 saturated heterocycles. The third-order valence-corrected chi connectivity index (χ3v) is 3.34. The molecule has 3 nitrogen and oxygen atoms in total. The fourth-order valence-electron chi connectivity index (χ4n) is 1.81. The lowest BCUT2D eigenvalue weighted by molar-refractivity contribution is -0.117. The van der Waals surface area contributed by atoms with E-state index in [1.165, 1.54) is 0 Å². The summed E-state index contributed by atoms with van der Waals surface area (Å²) in [5, 5.41) is 0. The Morgan fingerprint density at radius 3 is 2.74 bits per heavy atom. The smallest absolute Gasteiger partial charge is 0.232 e. The summed E-state index contributed by atoms with van der Waals surface area (Å²) in [6, 6.07) is 11.7. The minimum atomic E-state index is 0.0282. The molecule has 0 fully saturated rings. The van der Waals surface area contributed by atoms with Crippen LogP contribution in [0.1, 0.15) is 11.1 Å². The monoisotopic (exact) mass is 318 g/mol. The van der Waals surface area contributed by atoms with Gasteiger partial charge in [-0.3, -0.25) is 9.69 Å². The van der Waals surface area contributed by atoms with Gasteiger partial charge in [0.1, 0.15) is 5.82 Å². The number of carbonyl (C=O) groups is 1. The van der Waals surface area contributed by atoms with Crippen LogP contribution in [0.2, 0.25) is 0 Å². The molecular weight excluding hydrogens is 304 g/mol. The van der Waals surface area contributed by atoms with E-state index in [-0.39, 0.29) is 5.91 Å². The first-order valence-electron chi connectivity index (χ1n) is 6.00. The highest BCUT2D eigenvalue weighted by atomic mass is 79.9. The minimum Gasteiger partial charge on any atom is -0.300 e. The number of hydrogen-bond donors (Lipinski definition) is 0. The Morgan fingerprint density at radius 1 is 1.32 bits per heavy atom. The van der Waals surface area contributed by atoms with E-state index in [1.807, 2.05) is 43.3 Å². The normalized spacial score (nSPS) is 10.3. The van der Waals surface area contributed by atoms with Crippen LogP contribution in [0.15, 0.2) is 47.1 Å². The number of aromatic nitrogens is 1. The van der Waals surface area contributed by atoms with E-state index in [0.717, 1.165) is 15.6 Å². The SMILES string of the molecule is Cc1cccc(CC(=O)N(C)c2ccc(Br)cn2)c1. The van der Waals surface area contributed by atoms with Crippen molar-refractivity contribution in [2.45, 2.75) is 13.3 Å². The zero-order valence-corrected chi connectivity index (χ0v) is 12.5. The molecule has 0 aliphatic rings. The molecular formula is C15H15BrN2O. The van der Waals surface area contributed by atoms with Crippen molar-refractivity contribution in [1.29, 1.82) is 0 Å². The maximum Gasteiger partial charge on any atom is 0.232 e. The van der Waals surface area contributed by atoms with Gasteiger partial charge >= 0.3 is 0 Å². The lowest BCUT2D eigenvalue weighted by atomic mass is 10.1. The van der Waals surface area contributed by atoms with Crippen LogP contribution in [-0.4, -0.2) is 17.9 Å². The number of nitrogens with zero attached hydrogens (tertiary/aromatic N) is 2. The number of pyridine rings is 1. The van der Waals surface area contributed by atoms with Crippen LogP contribution < -0.4 is 4.90 Å². The van der Waals surface area contributed by atoms with Crippen molar-refractivity contribution in [3.63, 3.8) is 0 Å². The van der Waals surface area contributed by atoms with Gasteiger partial charge in [-0.1, -0.05) is 29.8 Å². The molecule has 2 aromatic rings. The van der Waals surface area contributed by atoms with Gasteiger partial charge in [-0.05, 0) is 40.5 Å². The van der Waals surface area contributed by atoms with Crippen molar-refractivity contribution in [2.75, 3.05) is 11.9 Å². The number of anilines is 1. The Kier molecular flexibility index (Phi) is 4.32. The Hall–Kier alpha value is -1.68. The lowest BCUT2D eigenvalue weighted by Gasteiger charge is -2.16. The lowest BCUT2D eigenvalue weighted by Crippen LogP contribution is -2.28. The number of aryl methyl sites for hydroxylation is 1. The van der Waals surface area contributed by atoms with Gasteiger partial charge in [-0.25, -0.2) is 4.98 Å². The highest BCUT2D eigenvalue weighted by Crippen LogP contribution is 2.15. The number of hydrogen-bond acceptors (Lipinski definition) is 2. The second kappa shape index (κ2) is 5.97. The van der Waals surface area contributed by atoms with Crippen LogP contribution in [0.25, 0.3) is 0 Å². The van der Waals surface area contributed by atoms with Gasteiger partial charge in [0.25, 0.3) is 0 Å². The number of rotatable bonds is 3. The molecule has 98 valence electrons. The summed E-state index contributed by atoms with van der Waals surface area (Å²) in [6.07, 6.45) is 2.07. The van der Waals surface area contributed by atoms with E-state index in [0.29, 0.717) is 12.2 Å². The molecule has 0 unspecified atom stereocenters. The largest absolute Gasteiger partial charge is 0.300 e. The zero-order valence-electron chi connectivity index (χ0n) is 10.9. The van der Waals surface area contributed by atoms with Gasteiger partial charge < -0.3 is 0 Å². The maximum absolute atomic E-state index is 12.2. The molecule has 0 aliphatic heterocycles. The summed E-state index contributed by atoms with van der Waals surface area (Å²) in [4.78, 5) is 18.0. The molecule has 4 heteroatoms. The first-order chi connectivity index (χ1) is 9.06. The van der Waals surface area contributed by atoms with Crippen molar-refractivity contribution in [1.82, 2.24) is 4.98 Å². The molecule has 19 heavy (non-hydrogen) atoms. The minimum absolute atomic E-state index is 0.0282. The first-order valence-corrected chi connectivity index (χ1v) is 6.79. The Morgan fingerprint density at radius 2 is 2.11 bits per heavy atom. The summed E-state index contributed by atoms with van der Waals surface area (Å²) in [5.74, 6) is 0.682. The molecule has 1 heterocycles. The first kappa shape index (κ1) is 13.7. The number of benzene rings is 1. The predicted molar refractivity (Wildman–Crippen MR) is 80.2 cm³/mol. The number of halogens is 1. The number of carbonyl (C=O) groups excluding carboxylic acids is 1. The van der Waals surface area contributed by atoms with Gasteiger partial charge in [-0.15, -0.1) is 0 Å². The van der Waals surface area contributed by atoms with Crippen LogP contribution in [0.5, 0.6) is 0 Å². The quantitative estimate of drug-likeness (QED) is 0.869. The van der Waals surface area contributed by atoms with Crippen LogP contribution in [0.4, 0.5) is 5.82 Å². The van der Waals surface area contributed by atoms with Gasteiger partial charge in [0.05, 0.1) is 6.42 Å². The predicted octanol–water partition coefficient (Wildman–Crippen LogP) is 3.36. The number of likely N-dealkylation sites (N-methyl/N-ethyl adjacent to an activating group) is 1. The molecule has 0 spiro atoms. The average Bonchev–Trinajstić information content (AvgIpc) is 2.39. The van der Waals surface area contributed by atoms with Crippen molar-refractivity contribution in [3.8, 4) is 0 Å². The van der Waals surface area contributed by atoms with Crippen LogP contribution in [0.3, 0.4) is 0 Å². The van der Waals surface area contributed by atoms with Crippen LogP contribution in [0, 0.1) is 6.92 Å². The molecule has 1 amide bonds. The molecule has 0 radical (unpaired) electrons. The molecule has 0 aliphatic carbocycles. The van der Waals surface area contributed by atoms with E-state index < -0.39 is 0 Å². The van der Waals surface area contributed by atoms with Gasteiger partial charge in [0, 0.05) is 17.7 Å². The summed E-state index contributed by atoms with van der Waals surface area (Å²) in [7, 11) is 1.74. The summed E-state index contributed by atoms with van der Waals surface area (Å²) in [6.45, 7) is 2.02. The molecule has 1 aromatic heterocycles. The van der Waals surface area contributed by atoms with Crippen molar-refractivity contribution < 1.29 is 4.79 Å². The zero-order chi connectivity index (χ0) is 13.8. The molecule has 2 rings (SSSR count). The van der Waals surface area contributed by atoms with E-state index in [2.05, 4.69) is 20.9 Å². The Bertz CT molecular complexity index is 581. The van der Waals surface area contributed by atoms with Crippen LogP contribution >= 0.6 is 15.9 Å². The third-order valence-electron chi connectivity index (χ3n) is 2.87. The molecule has 0 atom stereocenters. The van der Waals surface area contributed by atoms with Crippen molar-refractivity contribution in [2.24, 2.45) is 0 Å². The van der Waals surface area contributed by atoms with Gasteiger partial charge in [-0.2, -0.15) is 0 Å². The van der Waals surface area contributed by atoms with Gasteiger partial charge in [0.2, 0.25) is 5.91 Å². The highest BCUT2D eigenvalue weighted by molar-refractivity contribution is 9.10. The second-order valence-corrected chi connectivity index (χ2v) is 5.37. The Balaban J connectivity index is 2.09. The molecule has 0 saturated carbocycles. The maximum atomic E-state index is 12.2. The molecule has 0 N–H and O–H groups in total. The van der Waals surface area contributed by atoms with E-state index in [4.69, 9.17) is 0 Å². The Labute approximate surface area is 121 Å². The van der Waals surface area contributed by atoms with Gasteiger partial charge in [0.15, 0.2) is 0 Å². The van der Waals surface area contributed by atoms with Crippen molar-refractivity contribution >= 4 is 27.7 Å². The van der Waals surface area contributed by atoms with E-state index in [1.54, 1.807) is 18.1 Å². The van der Waals surface area contributed by atoms with Crippen LogP contribution in [-0.2, 0) is 11.2 Å². The third kappa shape index (κ3) is 3.64. The molecule has 0 bridgehead atoms. The second-order valence-electron chi connectivity index (χ2n) is 4.45. The average molecular weight is 319 g/mol. The van der Waals surface area contributed by atoms with E-state index in [9.17, 15) is 4.79 Å². The summed E-state index contributed by atoms with van der Waals surface area (Å²) < 4.78 is 0.899. The highest BCUT2D eigenvalue weighted by Gasteiger charge is 2.12. The standard InChI is InChI=1S/C15H15BrN2O/c1-11-4-3-5-12(8-11)9-15(19)18(2)14-7-6-13(16)10-17-14/h3-8,10H,9H2,1-2H3. The number of amides is 1. The van der Waals surface area contributed by atoms with E-state index >= 15 is 0 Å². The topological polar surface area (TPSA) is 33.2 Å². The molecule has 1 aromatic carbocycles. The fraction of sp³-hybridized carbons (Fsp3) is 0.200. The van der Waals surface area contributed by atoms with Crippen molar-refractivity contribution in [3.05, 3.63) is 58.2 Å². The summed E-state index contributed by atoms with van der Waals surface area (Å²) >= 11 is 3.33. The summed E-state index contributed by atoms with van der Waals surface area (Å²) in [5.41, 5.74) is 2.18.